The molecule has 0 amide bonds. The molecule has 7 nitrogen and oxygen atoms in total. The van der Waals surface area contributed by atoms with Gasteiger partial charge in [0, 0.05) is 6.42 Å². The second-order valence-corrected chi connectivity index (χ2v) is 6.00. The number of hydrogen-bond donors (Lipinski definition) is 0. The minimum absolute atomic E-state index is 0.0862. The van der Waals surface area contributed by atoms with Gasteiger partial charge in [-0.3, -0.25) is 25.0 Å². The lowest BCUT2D eigenvalue weighted by Crippen LogP contribution is -1.98. The van der Waals surface area contributed by atoms with Crippen molar-refractivity contribution in [3.8, 4) is 0 Å². The van der Waals surface area contributed by atoms with Crippen LogP contribution in [0.25, 0.3) is 0 Å². The summed E-state index contributed by atoms with van der Waals surface area (Å²) >= 11 is 0. The first kappa shape index (κ1) is 24.4. The zero-order valence-electron chi connectivity index (χ0n) is 16.0. The molecule has 0 bridgehead atoms. The van der Waals surface area contributed by atoms with Crippen LogP contribution in [0.5, 0.6) is 0 Å². The lowest BCUT2D eigenvalue weighted by molar-refractivity contribution is -0.427. The van der Waals surface area contributed by atoms with Gasteiger partial charge in [-0.1, -0.05) is 44.1 Å². The number of unbranched alkanes of at least 4 members (excludes halogenated alkanes) is 5. The normalized spacial score (nSPS) is 12.8. The Morgan fingerprint density at radius 2 is 1.44 bits per heavy atom. The largest absolute Gasteiger partial charge is 0.291 e. The van der Waals surface area contributed by atoms with Crippen molar-refractivity contribution in [2.75, 3.05) is 0 Å². The van der Waals surface area contributed by atoms with Crippen LogP contribution in [0.15, 0.2) is 47.9 Å². The van der Waals surface area contributed by atoms with Gasteiger partial charge in [-0.2, -0.15) is 0 Å². The highest BCUT2D eigenvalue weighted by Crippen LogP contribution is 2.10. The van der Waals surface area contributed by atoms with Crippen LogP contribution >= 0.6 is 0 Å². The average Bonchev–Trinajstić information content (AvgIpc) is 2.63. The Labute approximate surface area is 160 Å². The van der Waals surface area contributed by atoms with Gasteiger partial charge in [0.05, 0.1) is 22.7 Å². The van der Waals surface area contributed by atoms with E-state index in [1.54, 1.807) is 24.3 Å². The zero-order valence-corrected chi connectivity index (χ0v) is 16.0. The van der Waals surface area contributed by atoms with E-state index in [-0.39, 0.29) is 24.2 Å². The Balaban J connectivity index is 4.24. The zero-order chi connectivity index (χ0) is 20.3. The molecule has 0 saturated heterocycles. The maximum absolute atomic E-state index is 11.1. The highest BCUT2D eigenvalue weighted by atomic mass is 16.6. The van der Waals surface area contributed by atoms with Crippen molar-refractivity contribution in [3.63, 3.8) is 0 Å². The molecule has 27 heavy (non-hydrogen) atoms. The van der Waals surface area contributed by atoms with Gasteiger partial charge in [0.25, 0.3) is 0 Å². The minimum Gasteiger partial charge on any atom is -0.291 e. The second-order valence-electron chi connectivity index (χ2n) is 6.00. The summed E-state index contributed by atoms with van der Waals surface area (Å²) in [5.41, 5.74) is 0.191. The van der Waals surface area contributed by atoms with Crippen molar-refractivity contribution in [3.05, 3.63) is 68.1 Å². The van der Waals surface area contributed by atoms with Gasteiger partial charge in [-0.15, -0.1) is 0 Å². The molecule has 0 aromatic carbocycles. The lowest BCUT2D eigenvalue weighted by Gasteiger charge is -1.96. The molecule has 0 aromatic heterocycles. The first-order valence-electron chi connectivity index (χ1n) is 9.34. The maximum atomic E-state index is 11.1. The Bertz CT molecular complexity index is 577. The molecule has 0 unspecified atom stereocenters. The molecular formula is C20H29N2O5. The van der Waals surface area contributed by atoms with Crippen molar-refractivity contribution in [1.82, 2.24) is 0 Å². The van der Waals surface area contributed by atoms with Gasteiger partial charge in [-0.25, -0.2) is 0 Å². The average molecular weight is 377 g/mol. The molecular weight excluding hydrogens is 348 g/mol. The SMILES string of the molecule is CC/C=C(\C/C=C\C/C(=C\C/C=C\CCCCCC[C]=O)[N+](=O)[O-])[N+](=O)[O-]. The van der Waals surface area contributed by atoms with E-state index in [0.29, 0.717) is 19.3 Å². The fourth-order valence-electron chi connectivity index (χ4n) is 2.34. The molecule has 149 valence electrons. The monoisotopic (exact) mass is 377 g/mol. The van der Waals surface area contributed by atoms with Crippen LogP contribution in [-0.2, 0) is 4.79 Å². The quantitative estimate of drug-likeness (QED) is 0.154. The fraction of sp³-hybridized carbons (Fsp3) is 0.550. The first-order valence-corrected chi connectivity index (χ1v) is 9.34. The van der Waals surface area contributed by atoms with Crippen LogP contribution in [-0.4, -0.2) is 16.1 Å². The minimum atomic E-state index is -0.427. The Morgan fingerprint density at radius 3 is 2.00 bits per heavy atom. The lowest BCUT2D eigenvalue weighted by atomic mass is 10.1. The number of nitrogens with zero attached hydrogens (tertiary/aromatic N) is 2. The Kier molecular flexibility index (Phi) is 15.3. The molecule has 0 aliphatic rings. The summed E-state index contributed by atoms with van der Waals surface area (Å²) in [5, 5.41) is 21.9. The van der Waals surface area contributed by atoms with E-state index < -0.39 is 9.85 Å². The smallest absolute Gasteiger partial charge is 0.246 e. The van der Waals surface area contributed by atoms with E-state index in [1.165, 1.54) is 0 Å². The van der Waals surface area contributed by atoms with Gasteiger partial charge in [0.15, 0.2) is 6.29 Å². The molecule has 0 aliphatic heterocycles. The molecule has 0 spiro atoms. The molecule has 0 aliphatic carbocycles. The van der Waals surface area contributed by atoms with Crippen molar-refractivity contribution >= 4 is 6.29 Å². The Hall–Kier alpha value is -2.57. The summed E-state index contributed by atoms with van der Waals surface area (Å²) < 4.78 is 0. The Morgan fingerprint density at radius 1 is 0.852 bits per heavy atom. The van der Waals surface area contributed by atoms with Crippen molar-refractivity contribution in [2.24, 2.45) is 0 Å². The van der Waals surface area contributed by atoms with E-state index in [4.69, 9.17) is 0 Å². The van der Waals surface area contributed by atoms with Crippen LogP contribution in [0, 0.1) is 20.2 Å². The second kappa shape index (κ2) is 16.9. The van der Waals surface area contributed by atoms with Crippen LogP contribution in [0.2, 0.25) is 0 Å². The maximum Gasteiger partial charge on any atom is 0.246 e. The van der Waals surface area contributed by atoms with Crippen LogP contribution in [0.1, 0.15) is 71.1 Å². The standard InChI is InChI=1S/C20H29N2O5/c1-2-14-19(21(24)25)16-11-12-17-20(22(26)27)15-10-8-6-4-3-5-7-9-13-18-23/h6,8,11-12,14-15H,2-5,7,9-10,13,16-17H2,1H3/b8-6-,12-11-,19-14+,20-15+. The van der Waals surface area contributed by atoms with Gasteiger partial charge >= 0.3 is 0 Å². The van der Waals surface area contributed by atoms with E-state index in [0.717, 1.165) is 32.1 Å². The van der Waals surface area contributed by atoms with E-state index >= 15 is 0 Å². The molecule has 0 atom stereocenters. The topological polar surface area (TPSA) is 103 Å². The van der Waals surface area contributed by atoms with Crippen molar-refractivity contribution < 1.29 is 14.6 Å². The van der Waals surface area contributed by atoms with Crippen molar-refractivity contribution in [1.29, 1.82) is 0 Å². The van der Waals surface area contributed by atoms with Gasteiger partial charge < -0.3 is 0 Å². The molecule has 0 aromatic rings. The van der Waals surface area contributed by atoms with Gasteiger partial charge in [0.2, 0.25) is 11.4 Å². The third-order valence-corrected chi connectivity index (χ3v) is 3.79. The molecule has 0 saturated carbocycles. The first-order chi connectivity index (χ1) is 13.0. The van der Waals surface area contributed by atoms with Gasteiger partial charge in [0.1, 0.15) is 0 Å². The molecule has 7 heteroatoms. The summed E-state index contributed by atoms with van der Waals surface area (Å²) in [4.78, 5) is 31.1. The number of allylic oxidation sites excluding steroid dienone is 6. The summed E-state index contributed by atoms with van der Waals surface area (Å²) in [5.74, 6) is 0. The van der Waals surface area contributed by atoms with E-state index in [1.807, 2.05) is 25.4 Å². The molecule has 0 N–H and O–H groups in total. The number of rotatable bonds is 16. The fourth-order valence-corrected chi connectivity index (χ4v) is 2.34. The van der Waals surface area contributed by atoms with Gasteiger partial charge in [-0.05, 0) is 44.3 Å². The predicted molar refractivity (Wildman–Crippen MR) is 106 cm³/mol. The van der Waals surface area contributed by atoms with E-state index in [2.05, 4.69) is 0 Å². The van der Waals surface area contributed by atoms with Crippen LogP contribution in [0.4, 0.5) is 0 Å². The third-order valence-electron chi connectivity index (χ3n) is 3.79. The summed E-state index contributed by atoms with van der Waals surface area (Å²) in [6.07, 6.45) is 18.9. The highest BCUT2D eigenvalue weighted by Gasteiger charge is 2.09. The van der Waals surface area contributed by atoms with Crippen LogP contribution < -0.4 is 0 Å². The number of nitro groups is 2. The van der Waals surface area contributed by atoms with Crippen molar-refractivity contribution in [2.45, 2.75) is 71.1 Å². The third kappa shape index (κ3) is 14.3. The molecule has 1 radical (unpaired) electrons. The summed E-state index contributed by atoms with van der Waals surface area (Å²) in [6.45, 7) is 1.82. The number of hydrogen-bond acceptors (Lipinski definition) is 5. The predicted octanol–water partition coefficient (Wildman–Crippen LogP) is 5.45. The molecule has 0 rings (SSSR count). The molecule has 0 fully saturated rings. The van der Waals surface area contributed by atoms with Crippen LogP contribution in [0.3, 0.4) is 0 Å². The molecule has 0 heterocycles. The number of carbonyl (C=O) groups excluding carboxylic acids is 1. The van der Waals surface area contributed by atoms with E-state index in [9.17, 15) is 25.0 Å². The summed E-state index contributed by atoms with van der Waals surface area (Å²) in [6, 6.07) is 0. The highest BCUT2D eigenvalue weighted by molar-refractivity contribution is 5.50. The summed E-state index contributed by atoms with van der Waals surface area (Å²) in [7, 11) is 0.